The molecule has 352 valence electrons. The molecule has 0 atom stereocenters. The number of nitrogens with zero attached hydrogens (tertiary/aromatic N) is 4. The molecule has 4 heteroatoms. The number of para-hydroxylation sites is 4. The van der Waals surface area contributed by atoms with E-state index < -0.39 is 0 Å². The lowest BCUT2D eigenvalue weighted by atomic mass is 10.0. The first kappa shape index (κ1) is 42.2. The van der Waals surface area contributed by atoms with Crippen molar-refractivity contribution in [2.45, 2.75) is 0 Å². The molecule has 0 fully saturated rings. The van der Waals surface area contributed by atoms with Gasteiger partial charge in [-0.2, -0.15) is 0 Å². The van der Waals surface area contributed by atoms with Gasteiger partial charge in [-0.25, -0.2) is 0 Å². The summed E-state index contributed by atoms with van der Waals surface area (Å²) in [6.45, 7) is 0. The number of fused-ring (bicyclic) bond motifs is 12. The predicted molar refractivity (Wildman–Crippen MR) is 318 cm³/mol. The fourth-order valence-electron chi connectivity index (χ4n) is 12.3. The molecule has 16 rings (SSSR count). The van der Waals surface area contributed by atoms with Crippen LogP contribution in [-0.2, 0) is 0 Å². The van der Waals surface area contributed by atoms with Crippen molar-refractivity contribution >= 4 is 87.2 Å². The molecular formula is C72H44N4. The van der Waals surface area contributed by atoms with Crippen molar-refractivity contribution < 1.29 is 0 Å². The van der Waals surface area contributed by atoms with Gasteiger partial charge in [0.05, 0.1) is 38.6 Å². The molecule has 76 heavy (non-hydrogen) atoms. The van der Waals surface area contributed by atoms with Gasteiger partial charge in [0.25, 0.3) is 0 Å². The standard InChI is InChI=1S/C72H44N4/c1-5-17-47(18-6-1)51-33-39-67-59(41-51)63-43-61-57-25-13-15-27-65(57)73(53-21-9-3-10-22-53)69(61)45-71(63)75(67)55-35-29-49(30-36-55)50-31-37-56(38-32-50)76-68-40-34-52(48-19-7-2-8-20-48)42-60(68)64-44-62-58-26-14-16-28-66(58)74(70(62)46-72(64)76)54-23-11-4-12-24-54/h1-33,35-39,41-46H. The summed E-state index contributed by atoms with van der Waals surface area (Å²) in [6, 6.07) is 104. The second-order valence-corrected chi connectivity index (χ2v) is 19.9. The van der Waals surface area contributed by atoms with E-state index in [4.69, 9.17) is 0 Å². The van der Waals surface area contributed by atoms with Crippen LogP contribution < -0.4 is 0 Å². The van der Waals surface area contributed by atoms with Gasteiger partial charge < -0.3 is 18.3 Å². The summed E-state index contributed by atoms with van der Waals surface area (Å²) in [4.78, 5) is 0. The van der Waals surface area contributed by atoms with Crippen LogP contribution in [0.4, 0.5) is 0 Å². The van der Waals surface area contributed by atoms with Gasteiger partial charge in [-0.05, 0) is 137 Å². The van der Waals surface area contributed by atoms with Crippen molar-refractivity contribution in [3.8, 4) is 56.1 Å². The fraction of sp³-hybridized carbons (Fsp3) is 0. The number of benzene rings is 11. The Labute approximate surface area is 438 Å². The number of hydrogen-bond acceptors (Lipinski definition) is 0. The SMILES string of the molecule is c1c(-c2ccccc2)cc2c3cc4c5ccccc5n(-c5ccccc5)c4cc3n(-c3ccc(-c4ccc(-n5c6ccc(-c7ccccc7)cc6c6cc7c8ccccc8n(-c8ccccc8)c7cc65)cc4)cc3)c2c#1. The van der Waals surface area contributed by atoms with Crippen LogP contribution in [0.15, 0.2) is 267 Å². The topological polar surface area (TPSA) is 19.7 Å². The highest BCUT2D eigenvalue weighted by Crippen LogP contribution is 2.43. The van der Waals surface area contributed by atoms with E-state index in [1.54, 1.807) is 0 Å². The maximum absolute atomic E-state index is 3.66. The summed E-state index contributed by atoms with van der Waals surface area (Å²) in [5.74, 6) is 0. The van der Waals surface area contributed by atoms with E-state index in [0.717, 1.165) is 66.9 Å². The summed E-state index contributed by atoms with van der Waals surface area (Å²) >= 11 is 0. The molecule has 4 nitrogen and oxygen atoms in total. The first-order valence-corrected chi connectivity index (χ1v) is 26.0. The Balaban J connectivity index is 0.843. The Kier molecular flexibility index (Phi) is 9.21. The zero-order chi connectivity index (χ0) is 49.8. The van der Waals surface area contributed by atoms with Crippen molar-refractivity contribution in [1.82, 2.24) is 18.3 Å². The smallest absolute Gasteiger partial charge is 0.105 e. The van der Waals surface area contributed by atoms with Crippen LogP contribution in [-0.4, -0.2) is 18.3 Å². The molecule has 0 aliphatic heterocycles. The Morgan fingerprint density at radius 3 is 1.11 bits per heavy atom. The zero-order valence-corrected chi connectivity index (χ0v) is 41.2. The summed E-state index contributed by atoms with van der Waals surface area (Å²) in [5.41, 5.74) is 20.5. The van der Waals surface area contributed by atoms with Gasteiger partial charge in [0.1, 0.15) is 5.52 Å². The van der Waals surface area contributed by atoms with Crippen LogP contribution in [0.25, 0.3) is 143 Å². The van der Waals surface area contributed by atoms with Gasteiger partial charge in [0.15, 0.2) is 0 Å². The van der Waals surface area contributed by atoms with Crippen LogP contribution in [0.5, 0.6) is 0 Å². The van der Waals surface area contributed by atoms with Gasteiger partial charge >= 0.3 is 0 Å². The van der Waals surface area contributed by atoms with E-state index >= 15 is 0 Å². The molecule has 0 N–H and O–H groups in total. The van der Waals surface area contributed by atoms with Crippen LogP contribution >= 0.6 is 0 Å². The van der Waals surface area contributed by atoms with Crippen molar-refractivity contribution in [1.29, 1.82) is 0 Å². The lowest BCUT2D eigenvalue weighted by Crippen LogP contribution is -1.96. The molecule has 0 saturated carbocycles. The van der Waals surface area contributed by atoms with E-state index in [-0.39, 0.29) is 0 Å². The molecule has 0 bridgehead atoms. The molecular weight excluding hydrogens is 921 g/mol. The van der Waals surface area contributed by atoms with Crippen LogP contribution in [0.2, 0.25) is 0 Å². The molecule has 0 amide bonds. The highest BCUT2D eigenvalue weighted by molar-refractivity contribution is 6.21. The molecule has 0 aliphatic rings. The maximum Gasteiger partial charge on any atom is 0.105 e. The summed E-state index contributed by atoms with van der Waals surface area (Å²) in [5, 5.41) is 9.73. The average Bonchev–Trinajstić information content (AvgIpc) is 4.28. The minimum Gasteiger partial charge on any atom is -0.309 e. The highest BCUT2D eigenvalue weighted by atomic mass is 15.0. The first-order chi connectivity index (χ1) is 37.7. The summed E-state index contributed by atoms with van der Waals surface area (Å²) in [6.07, 6.45) is 0. The monoisotopic (exact) mass is 964 g/mol. The Morgan fingerprint density at radius 2 is 0.566 bits per heavy atom. The maximum atomic E-state index is 3.66. The molecule has 0 aliphatic carbocycles. The number of aromatic nitrogens is 4. The van der Waals surface area contributed by atoms with E-state index in [1.807, 2.05) is 0 Å². The Morgan fingerprint density at radius 1 is 0.197 bits per heavy atom. The van der Waals surface area contributed by atoms with E-state index in [9.17, 15) is 0 Å². The van der Waals surface area contributed by atoms with Crippen molar-refractivity contribution in [3.63, 3.8) is 0 Å². The van der Waals surface area contributed by atoms with E-state index in [1.165, 1.54) is 76.4 Å². The molecule has 0 radical (unpaired) electrons. The van der Waals surface area contributed by atoms with Crippen molar-refractivity contribution in [2.75, 3.05) is 0 Å². The van der Waals surface area contributed by atoms with Crippen LogP contribution in [0.3, 0.4) is 0 Å². The predicted octanol–water partition coefficient (Wildman–Crippen LogP) is 18.7. The van der Waals surface area contributed by atoms with Gasteiger partial charge in [-0.1, -0.05) is 170 Å². The minimum atomic E-state index is 0.999. The lowest BCUT2D eigenvalue weighted by molar-refractivity contribution is 1.16. The molecule has 4 aromatic heterocycles. The van der Waals surface area contributed by atoms with Crippen LogP contribution in [0, 0.1) is 12.1 Å². The van der Waals surface area contributed by atoms with E-state index in [0.29, 0.717) is 0 Å². The summed E-state index contributed by atoms with van der Waals surface area (Å²) in [7, 11) is 0. The van der Waals surface area contributed by atoms with Gasteiger partial charge in [0, 0.05) is 71.4 Å². The molecule has 0 spiro atoms. The van der Waals surface area contributed by atoms with Gasteiger partial charge in [-0.15, -0.1) is 0 Å². The molecule has 0 unspecified atom stereocenters. The normalized spacial score (nSPS) is 11.8. The molecule has 4 heterocycles. The first-order valence-electron chi connectivity index (χ1n) is 26.0. The zero-order valence-electron chi connectivity index (χ0n) is 41.2. The third kappa shape index (κ3) is 6.40. The van der Waals surface area contributed by atoms with Crippen molar-refractivity contribution in [3.05, 3.63) is 279 Å². The third-order valence-electron chi connectivity index (χ3n) is 15.8. The van der Waals surface area contributed by atoms with Gasteiger partial charge in [-0.3, -0.25) is 0 Å². The third-order valence-corrected chi connectivity index (χ3v) is 15.8. The number of rotatable bonds is 7. The molecule has 0 saturated heterocycles. The average molecular weight is 965 g/mol. The highest BCUT2D eigenvalue weighted by Gasteiger charge is 2.22. The molecule has 16 aromatic rings. The van der Waals surface area contributed by atoms with E-state index in [2.05, 4.69) is 297 Å². The second kappa shape index (κ2) is 16.6. The summed E-state index contributed by atoms with van der Waals surface area (Å²) < 4.78 is 9.63. The largest absolute Gasteiger partial charge is 0.309 e. The quantitative estimate of drug-likeness (QED) is 0.152. The van der Waals surface area contributed by atoms with Crippen molar-refractivity contribution in [2.24, 2.45) is 0 Å². The Bertz CT molecular complexity index is 4610. The fourth-order valence-corrected chi connectivity index (χ4v) is 12.3. The lowest BCUT2D eigenvalue weighted by Gasteiger charge is -2.12. The number of hydrogen-bond donors (Lipinski definition) is 0. The Hall–Kier alpha value is -10.3. The molecule has 12 aromatic carbocycles. The second-order valence-electron chi connectivity index (χ2n) is 19.9. The van der Waals surface area contributed by atoms with Crippen LogP contribution in [0.1, 0.15) is 0 Å². The minimum absolute atomic E-state index is 0.999. The van der Waals surface area contributed by atoms with Gasteiger partial charge in [0.2, 0.25) is 0 Å².